The van der Waals surface area contributed by atoms with E-state index >= 15 is 0 Å². The summed E-state index contributed by atoms with van der Waals surface area (Å²) in [6, 6.07) is 8.12. The highest BCUT2D eigenvalue weighted by atomic mass is 16.2. The van der Waals surface area contributed by atoms with E-state index in [9.17, 15) is 9.59 Å². The molecule has 1 aliphatic heterocycles. The third-order valence-corrected chi connectivity index (χ3v) is 3.90. The lowest BCUT2D eigenvalue weighted by Gasteiger charge is -2.16. The van der Waals surface area contributed by atoms with Gasteiger partial charge in [-0.05, 0) is 43.5 Å². The maximum Gasteiger partial charge on any atom is 0.227 e. The van der Waals surface area contributed by atoms with Crippen molar-refractivity contribution in [1.82, 2.24) is 5.32 Å². The van der Waals surface area contributed by atoms with Gasteiger partial charge in [0, 0.05) is 43.3 Å². The Hall–Kier alpha value is -1.88. The van der Waals surface area contributed by atoms with E-state index in [-0.39, 0.29) is 11.8 Å². The number of rotatable bonds is 6. The van der Waals surface area contributed by atoms with Crippen molar-refractivity contribution in [3.8, 4) is 0 Å². The highest BCUT2D eigenvalue weighted by molar-refractivity contribution is 5.96. The van der Waals surface area contributed by atoms with E-state index in [0.717, 1.165) is 30.9 Å². The average Bonchev–Trinajstić information content (AvgIpc) is 3.20. The Kier molecular flexibility index (Phi) is 4.20. The van der Waals surface area contributed by atoms with Gasteiger partial charge in [0.05, 0.1) is 0 Å². The summed E-state index contributed by atoms with van der Waals surface area (Å²) in [4.78, 5) is 25.3. The molecule has 21 heavy (non-hydrogen) atoms. The van der Waals surface area contributed by atoms with E-state index in [4.69, 9.17) is 0 Å². The van der Waals surface area contributed by atoms with Crippen LogP contribution >= 0.6 is 0 Å². The summed E-state index contributed by atoms with van der Waals surface area (Å²) in [6.07, 6.45) is 4.51. The van der Waals surface area contributed by atoms with Gasteiger partial charge in [0.2, 0.25) is 11.8 Å². The van der Waals surface area contributed by atoms with Gasteiger partial charge in [0.15, 0.2) is 0 Å². The van der Waals surface area contributed by atoms with Crippen LogP contribution in [0.1, 0.15) is 32.1 Å². The van der Waals surface area contributed by atoms with E-state index < -0.39 is 0 Å². The van der Waals surface area contributed by atoms with Crippen LogP contribution < -0.4 is 15.5 Å². The third-order valence-electron chi connectivity index (χ3n) is 3.90. The second kappa shape index (κ2) is 6.26. The third kappa shape index (κ3) is 3.82. The van der Waals surface area contributed by atoms with Crippen LogP contribution in [0.4, 0.5) is 11.4 Å². The van der Waals surface area contributed by atoms with Gasteiger partial charge in [0.1, 0.15) is 0 Å². The lowest BCUT2D eigenvalue weighted by Crippen LogP contribution is -2.24. The molecule has 2 aliphatic rings. The molecule has 5 nitrogen and oxygen atoms in total. The number of nitrogens with one attached hydrogen (secondary N) is 2. The first kappa shape index (κ1) is 14.1. The minimum atomic E-state index is 0.0214. The smallest absolute Gasteiger partial charge is 0.227 e. The molecule has 2 fully saturated rings. The second-order valence-electron chi connectivity index (χ2n) is 5.72. The molecule has 1 aromatic carbocycles. The number of hydrogen-bond acceptors (Lipinski definition) is 3. The summed E-state index contributed by atoms with van der Waals surface area (Å²) in [5.74, 6) is 0.200. The molecule has 0 aromatic heterocycles. The molecule has 1 saturated heterocycles. The molecule has 112 valence electrons. The van der Waals surface area contributed by atoms with Crippen molar-refractivity contribution >= 4 is 23.2 Å². The SMILES string of the molecule is O=C(CCNC1CC1)Nc1ccc(N2CCCC2=O)cc1. The van der Waals surface area contributed by atoms with Crippen molar-refractivity contribution in [2.24, 2.45) is 0 Å². The summed E-state index contributed by atoms with van der Waals surface area (Å²) >= 11 is 0. The fourth-order valence-electron chi connectivity index (χ4n) is 2.55. The maximum absolute atomic E-state index is 11.8. The Morgan fingerprint density at radius 3 is 2.62 bits per heavy atom. The standard InChI is InChI=1S/C16H21N3O2/c20-15(9-10-17-12-3-4-12)18-13-5-7-14(8-6-13)19-11-1-2-16(19)21/h5-8,12,17H,1-4,9-11H2,(H,18,20). The van der Waals surface area contributed by atoms with Crippen LogP contribution in [0.25, 0.3) is 0 Å². The molecule has 0 spiro atoms. The Bertz CT molecular complexity index is 523. The van der Waals surface area contributed by atoms with Gasteiger partial charge in [-0.3, -0.25) is 9.59 Å². The van der Waals surface area contributed by atoms with Crippen molar-refractivity contribution in [3.63, 3.8) is 0 Å². The van der Waals surface area contributed by atoms with Crippen molar-refractivity contribution in [3.05, 3.63) is 24.3 Å². The fraction of sp³-hybridized carbons (Fsp3) is 0.500. The predicted octanol–water partition coefficient (Wildman–Crippen LogP) is 1.89. The van der Waals surface area contributed by atoms with Gasteiger partial charge in [-0.1, -0.05) is 0 Å². The van der Waals surface area contributed by atoms with E-state index in [2.05, 4.69) is 10.6 Å². The molecule has 0 unspecified atom stereocenters. The van der Waals surface area contributed by atoms with Gasteiger partial charge >= 0.3 is 0 Å². The molecule has 5 heteroatoms. The molecule has 0 radical (unpaired) electrons. The predicted molar refractivity (Wildman–Crippen MR) is 82.3 cm³/mol. The van der Waals surface area contributed by atoms with Crippen molar-refractivity contribution in [2.45, 2.75) is 38.1 Å². The first-order chi connectivity index (χ1) is 10.2. The lowest BCUT2D eigenvalue weighted by atomic mass is 10.2. The summed E-state index contributed by atoms with van der Waals surface area (Å²) < 4.78 is 0. The molecule has 3 rings (SSSR count). The van der Waals surface area contributed by atoms with Gasteiger partial charge < -0.3 is 15.5 Å². The number of nitrogens with zero attached hydrogens (tertiary/aromatic N) is 1. The normalized spacial score (nSPS) is 18.1. The van der Waals surface area contributed by atoms with Crippen molar-refractivity contribution in [1.29, 1.82) is 0 Å². The first-order valence-electron chi connectivity index (χ1n) is 7.66. The number of amides is 2. The summed E-state index contributed by atoms with van der Waals surface area (Å²) in [5.41, 5.74) is 1.69. The highest BCUT2D eigenvalue weighted by Gasteiger charge is 2.21. The lowest BCUT2D eigenvalue weighted by molar-refractivity contribution is -0.117. The topological polar surface area (TPSA) is 61.4 Å². The molecule has 1 aromatic rings. The quantitative estimate of drug-likeness (QED) is 0.840. The largest absolute Gasteiger partial charge is 0.326 e. The van der Waals surface area contributed by atoms with Crippen LogP contribution in [0.15, 0.2) is 24.3 Å². The molecule has 2 N–H and O–H groups in total. The zero-order chi connectivity index (χ0) is 14.7. The molecule has 1 heterocycles. The zero-order valence-electron chi connectivity index (χ0n) is 12.1. The minimum absolute atomic E-state index is 0.0214. The Labute approximate surface area is 124 Å². The Balaban J connectivity index is 1.49. The molecule has 1 aliphatic carbocycles. The van der Waals surface area contributed by atoms with Crippen LogP contribution in [0.3, 0.4) is 0 Å². The average molecular weight is 287 g/mol. The Morgan fingerprint density at radius 2 is 2.00 bits per heavy atom. The van der Waals surface area contributed by atoms with Crippen LogP contribution in [-0.2, 0) is 9.59 Å². The summed E-state index contributed by atoms with van der Waals surface area (Å²) in [7, 11) is 0. The number of anilines is 2. The molecular weight excluding hydrogens is 266 g/mol. The summed E-state index contributed by atoms with van der Waals surface area (Å²) in [6.45, 7) is 1.52. The number of benzene rings is 1. The molecule has 1 saturated carbocycles. The van der Waals surface area contributed by atoms with Crippen LogP contribution in [-0.4, -0.2) is 30.9 Å². The first-order valence-corrected chi connectivity index (χ1v) is 7.66. The van der Waals surface area contributed by atoms with Crippen LogP contribution in [0.2, 0.25) is 0 Å². The van der Waals surface area contributed by atoms with E-state index in [0.29, 0.717) is 18.9 Å². The van der Waals surface area contributed by atoms with E-state index in [1.54, 1.807) is 4.90 Å². The van der Waals surface area contributed by atoms with Crippen molar-refractivity contribution in [2.75, 3.05) is 23.3 Å². The zero-order valence-corrected chi connectivity index (χ0v) is 12.1. The fourth-order valence-corrected chi connectivity index (χ4v) is 2.55. The Morgan fingerprint density at radius 1 is 1.24 bits per heavy atom. The monoisotopic (exact) mass is 287 g/mol. The van der Waals surface area contributed by atoms with Gasteiger partial charge in [-0.2, -0.15) is 0 Å². The number of carbonyl (C=O) groups excluding carboxylic acids is 2. The molecule has 0 atom stereocenters. The maximum atomic E-state index is 11.8. The van der Waals surface area contributed by atoms with Crippen molar-refractivity contribution < 1.29 is 9.59 Å². The van der Waals surface area contributed by atoms with Crippen LogP contribution in [0.5, 0.6) is 0 Å². The van der Waals surface area contributed by atoms with E-state index in [1.807, 2.05) is 24.3 Å². The number of carbonyl (C=O) groups is 2. The second-order valence-corrected chi connectivity index (χ2v) is 5.72. The van der Waals surface area contributed by atoms with Gasteiger partial charge in [-0.15, -0.1) is 0 Å². The number of hydrogen-bond donors (Lipinski definition) is 2. The molecule has 0 bridgehead atoms. The molecular formula is C16H21N3O2. The van der Waals surface area contributed by atoms with E-state index in [1.165, 1.54) is 12.8 Å². The molecule has 2 amide bonds. The highest BCUT2D eigenvalue weighted by Crippen LogP contribution is 2.23. The van der Waals surface area contributed by atoms with Gasteiger partial charge in [-0.25, -0.2) is 0 Å². The summed E-state index contributed by atoms with van der Waals surface area (Å²) in [5, 5.41) is 6.20. The van der Waals surface area contributed by atoms with Crippen LogP contribution in [0, 0.1) is 0 Å². The minimum Gasteiger partial charge on any atom is -0.326 e. The van der Waals surface area contributed by atoms with Gasteiger partial charge in [0.25, 0.3) is 0 Å².